The fraction of sp³-hybridized carbons (Fsp3) is 0.500. The van der Waals surface area contributed by atoms with E-state index in [1.807, 2.05) is 6.07 Å². The minimum Gasteiger partial charge on any atom is -0.348 e. The Kier molecular flexibility index (Phi) is 6.25. The first-order chi connectivity index (χ1) is 7.45. The number of carbonyl (C=O) groups is 1. The van der Waals surface area contributed by atoms with Gasteiger partial charge < -0.3 is 5.32 Å². The van der Waals surface area contributed by atoms with Crippen LogP contribution in [0.4, 0.5) is 0 Å². The first kappa shape index (κ1) is 14.9. The van der Waals surface area contributed by atoms with Crippen LogP contribution in [0.1, 0.15) is 24.2 Å². The number of nitrogens with one attached hydrogen (secondary N) is 1. The van der Waals surface area contributed by atoms with E-state index in [4.69, 9.17) is 0 Å². The Morgan fingerprint density at radius 3 is 2.56 bits per heavy atom. The van der Waals surface area contributed by atoms with Gasteiger partial charge in [0.2, 0.25) is 0 Å². The molecule has 0 spiro atoms. The molecule has 1 amide bonds. The third-order valence-corrected chi connectivity index (χ3v) is 5.48. The van der Waals surface area contributed by atoms with Crippen LogP contribution in [0.25, 0.3) is 0 Å². The highest BCUT2D eigenvalue weighted by Crippen LogP contribution is 2.31. The number of rotatable bonds is 4. The summed E-state index contributed by atoms with van der Waals surface area (Å²) in [5.74, 6) is 0.436. The Bertz CT molecular complexity index is 381. The monoisotopic (exact) mass is 479 g/mol. The molecule has 1 aromatic heterocycles. The maximum absolute atomic E-state index is 12.0. The van der Waals surface area contributed by atoms with E-state index in [9.17, 15) is 4.79 Å². The molecular formula is C10H12Br2INOS. The van der Waals surface area contributed by atoms with Crippen molar-refractivity contribution in [2.45, 2.75) is 19.9 Å². The molecular weight excluding hydrogens is 469 g/mol. The van der Waals surface area contributed by atoms with E-state index in [0.29, 0.717) is 11.5 Å². The molecule has 6 heteroatoms. The van der Waals surface area contributed by atoms with Crippen molar-refractivity contribution in [2.75, 3.05) is 4.43 Å². The Morgan fingerprint density at radius 2 is 2.19 bits per heavy atom. The predicted molar refractivity (Wildman–Crippen MR) is 84.7 cm³/mol. The lowest BCUT2D eigenvalue weighted by Crippen LogP contribution is -2.39. The maximum atomic E-state index is 12.0. The molecule has 2 nitrogen and oxygen atoms in total. The summed E-state index contributed by atoms with van der Waals surface area (Å²) < 4.78 is 2.75. The fourth-order valence-corrected chi connectivity index (χ4v) is 5.16. The van der Waals surface area contributed by atoms with Crippen LogP contribution in [0.15, 0.2) is 13.6 Å². The van der Waals surface area contributed by atoms with E-state index in [-0.39, 0.29) is 11.9 Å². The van der Waals surface area contributed by atoms with Crippen molar-refractivity contribution >= 4 is 71.7 Å². The van der Waals surface area contributed by atoms with E-state index in [1.54, 1.807) is 0 Å². The summed E-state index contributed by atoms with van der Waals surface area (Å²) in [7, 11) is 0. The molecule has 1 unspecified atom stereocenters. The third kappa shape index (κ3) is 3.96. The summed E-state index contributed by atoms with van der Waals surface area (Å²) in [6.45, 7) is 4.23. The highest BCUT2D eigenvalue weighted by Gasteiger charge is 2.19. The third-order valence-electron chi connectivity index (χ3n) is 2.19. The quantitative estimate of drug-likeness (QED) is 0.500. The number of amides is 1. The van der Waals surface area contributed by atoms with Crippen LogP contribution >= 0.6 is 65.8 Å². The molecule has 0 aliphatic carbocycles. The zero-order valence-corrected chi connectivity index (χ0v) is 15.0. The van der Waals surface area contributed by atoms with Crippen molar-refractivity contribution in [3.8, 4) is 0 Å². The number of thiophene rings is 1. The Labute approximate surface area is 130 Å². The summed E-state index contributed by atoms with van der Waals surface area (Å²) in [6.07, 6.45) is 0. The van der Waals surface area contributed by atoms with Gasteiger partial charge in [-0.05, 0) is 43.8 Å². The Morgan fingerprint density at radius 1 is 1.56 bits per heavy atom. The molecule has 90 valence electrons. The zero-order chi connectivity index (χ0) is 12.3. The summed E-state index contributed by atoms with van der Waals surface area (Å²) in [6, 6.07) is 2.06. The van der Waals surface area contributed by atoms with Crippen LogP contribution in [0.5, 0.6) is 0 Å². The minimum absolute atomic E-state index is 0.0100. The summed E-state index contributed by atoms with van der Waals surface area (Å²) in [5, 5.41) is 3.05. The number of hydrogen-bond acceptors (Lipinski definition) is 2. The molecule has 1 N–H and O–H groups in total. The van der Waals surface area contributed by atoms with E-state index in [1.165, 1.54) is 11.3 Å². The molecule has 1 heterocycles. The first-order valence-corrected chi connectivity index (χ1v) is 8.70. The second-order valence-corrected chi connectivity index (χ2v) is 8.35. The summed E-state index contributed by atoms with van der Waals surface area (Å²) >= 11 is 10.6. The number of hydrogen-bond donors (Lipinski definition) is 1. The average Bonchev–Trinajstić information content (AvgIpc) is 2.53. The average molecular weight is 481 g/mol. The van der Waals surface area contributed by atoms with Gasteiger partial charge in [0.1, 0.15) is 0 Å². The van der Waals surface area contributed by atoms with Crippen molar-refractivity contribution in [1.29, 1.82) is 0 Å². The highest BCUT2D eigenvalue weighted by atomic mass is 127. The molecule has 0 bridgehead atoms. The second-order valence-electron chi connectivity index (χ2n) is 3.72. The van der Waals surface area contributed by atoms with Gasteiger partial charge in [-0.3, -0.25) is 4.79 Å². The molecule has 1 rings (SSSR count). The molecule has 0 aromatic carbocycles. The van der Waals surface area contributed by atoms with Crippen LogP contribution in [0.3, 0.4) is 0 Å². The molecule has 0 radical (unpaired) electrons. The lowest BCUT2D eigenvalue weighted by molar-refractivity contribution is 0.0932. The molecule has 0 aliphatic rings. The van der Waals surface area contributed by atoms with Gasteiger partial charge in [-0.15, -0.1) is 11.3 Å². The van der Waals surface area contributed by atoms with Gasteiger partial charge in [0.05, 0.1) is 13.1 Å². The van der Waals surface area contributed by atoms with Crippen LogP contribution in [-0.4, -0.2) is 16.4 Å². The highest BCUT2D eigenvalue weighted by molar-refractivity contribution is 14.1. The van der Waals surface area contributed by atoms with Crippen LogP contribution in [-0.2, 0) is 0 Å². The minimum atomic E-state index is -0.0100. The lowest BCUT2D eigenvalue weighted by atomic mass is 10.1. The zero-order valence-electron chi connectivity index (χ0n) is 8.89. The molecule has 16 heavy (non-hydrogen) atoms. The number of alkyl halides is 1. The van der Waals surface area contributed by atoms with Gasteiger partial charge in [0.15, 0.2) is 0 Å². The predicted octanol–water partition coefficient (Wildman–Crippen LogP) is 4.46. The van der Waals surface area contributed by atoms with Crippen molar-refractivity contribution in [2.24, 2.45) is 5.92 Å². The molecule has 0 saturated heterocycles. The molecule has 1 atom stereocenters. The van der Waals surface area contributed by atoms with Crippen molar-refractivity contribution < 1.29 is 4.79 Å². The number of halogens is 3. The van der Waals surface area contributed by atoms with Crippen LogP contribution in [0, 0.1) is 5.92 Å². The van der Waals surface area contributed by atoms with Gasteiger partial charge >= 0.3 is 0 Å². The molecule has 0 aliphatic heterocycles. The standard InChI is InChI=1S/C10H12Br2INOS/c1-5(2)7(4-13)14-10(15)6-3-8(11)16-9(6)12/h3,5,7H,4H2,1-2H3,(H,14,15). The van der Waals surface area contributed by atoms with Crippen LogP contribution in [0.2, 0.25) is 0 Å². The van der Waals surface area contributed by atoms with E-state index < -0.39 is 0 Å². The molecule has 0 fully saturated rings. The van der Waals surface area contributed by atoms with Crippen molar-refractivity contribution in [3.63, 3.8) is 0 Å². The van der Waals surface area contributed by atoms with Crippen molar-refractivity contribution in [1.82, 2.24) is 5.32 Å². The van der Waals surface area contributed by atoms with Crippen LogP contribution < -0.4 is 5.32 Å². The Balaban J connectivity index is 2.75. The van der Waals surface area contributed by atoms with E-state index >= 15 is 0 Å². The molecule has 0 saturated carbocycles. The van der Waals surface area contributed by atoms with E-state index in [2.05, 4.69) is 73.6 Å². The molecule has 1 aromatic rings. The van der Waals surface area contributed by atoms with Gasteiger partial charge in [-0.2, -0.15) is 0 Å². The largest absolute Gasteiger partial charge is 0.348 e. The topological polar surface area (TPSA) is 29.1 Å². The number of carbonyl (C=O) groups excluding carboxylic acids is 1. The van der Waals surface area contributed by atoms with Gasteiger partial charge in [0, 0.05) is 10.5 Å². The summed E-state index contributed by atoms with van der Waals surface area (Å²) in [4.78, 5) is 12.0. The normalized spacial score (nSPS) is 12.9. The van der Waals surface area contributed by atoms with Gasteiger partial charge in [-0.25, -0.2) is 0 Å². The fourth-order valence-electron chi connectivity index (χ4n) is 1.12. The summed E-state index contributed by atoms with van der Waals surface area (Å²) in [5.41, 5.74) is 0.701. The Hall–Kier alpha value is 0.860. The SMILES string of the molecule is CC(C)C(CI)NC(=O)c1cc(Br)sc1Br. The lowest BCUT2D eigenvalue weighted by Gasteiger charge is -2.19. The first-order valence-electron chi connectivity index (χ1n) is 4.77. The second kappa shape index (κ2) is 6.70. The van der Waals surface area contributed by atoms with Crippen molar-refractivity contribution in [3.05, 3.63) is 19.2 Å². The van der Waals surface area contributed by atoms with E-state index in [0.717, 1.165) is 12.0 Å². The van der Waals surface area contributed by atoms with Gasteiger partial charge in [-0.1, -0.05) is 36.4 Å². The van der Waals surface area contributed by atoms with Gasteiger partial charge in [0.25, 0.3) is 5.91 Å². The maximum Gasteiger partial charge on any atom is 0.253 e. The smallest absolute Gasteiger partial charge is 0.253 e.